The molecule has 5 N–H and O–H groups in total. The lowest BCUT2D eigenvalue weighted by Gasteiger charge is -2.19. The van der Waals surface area contributed by atoms with Gasteiger partial charge in [-0.2, -0.15) is 0 Å². The maximum Gasteiger partial charge on any atom is 0.220 e. The summed E-state index contributed by atoms with van der Waals surface area (Å²) in [6.07, 6.45) is 10.6. The van der Waals surface area contributed by atoms with Gasteiger partial charge in [0, 0.05) is 25.3 Å². The summed E-state index contributed by atoms with van der Waals surface area (Å²) in [6, 6.07) is 0. The minimum atomic E-state index is -0.515. The van der Waals surface area contributed by atoms with Crippen molar-refractivity contribution in [3.63, 3.8) is 0 Å². The lowest BCUT2D eigenvalue weighted by molar-refractivity contribution is -0.121. The molecular formula is C22H41NO5. The number of aliphatic hydroxyl groups is 4. The Balaban J connectivity index is 0.000000684. The van der Waals surface area contributed by atoms with Gasteiger partial charge in [0.2, 0.25) is 5.91 Å². The van der Waals surface area contributed by atoms with Crippen molar-refractivity contribution in [2.75, 3.05) is 13.2 Å². The van der Waals surface area contributed by atoms with Crippen LogP contribution in [-0.4, -0.2) is 57.8 Å². The zero-order chi connectivity index (χ0) is 21.4. The van der Waals surface area contributed by atoms with Gasteiger partial charge in [-0.05, 0) is 25.2 Å². The molecule has 0 aromatic heterocycles. The standard InChI is InChI=1S/C16H28O3.C6H13NO2/c1-3-5-6-8-12(17)9-10-14-13(7-4-2)15(18)11-16(14)19;1-2-3-6(9)7-4-5-8/h4,9-10,12-19H,2-3,5-8,11H2,1H3;8H,2-5H2,1H3,(H,7,9)/b10-9+;/t12-,13+,14+,15-,16+;/m0./s1. The first-order chi connectivity index (χ1) is 13.4. The molecule has 0 radical (unpaired) electrons. The highest BCUT2D eigenvalue weighted by Crippen LogP contribution is 2.36. The maximum absolute atomic E-state index is 10.6. The van der Waals surface area contributed by atoms with Gasteiger partial charge in [-0.3, -0.25) is 4.79 Å². The van der Waals surface area contributed by atoms with E-state index in [9.17, 15) is 20.1 Å². The van der Waals surface area contributed by atoms with Crippen molar-refractivity contribution >= 4 is 5.91 Å². The number of carbonyl (C=O) groups excluding carboxylic acids is 1. The van der Waals surface area contributed by atoms with Crippen LogP contribution in [0, 0.1) is 11.8 Å². The van der Waals surface area contributed by atoms with Crippen molar-refractivity contribution in [3.05, 3.63) is 24.8 Å². The van der Waals surface area contributed by atoms with Gasteiger partial charge in [0.1, 0.15) is 0 Å². The van der Waals surface area contributed by atoms with E-state index in [1.165, 1.54) is 0 Å². The second-order valence-electron chi connectivity index (χ2n) is 7.41. The van der Waals surface area contributed by atoms with E-state index in [0.717, 1.165) is 32.1 Å². The van der Waals surface area contributed by atoms with Gasteiger partial charge < -0.3 is 25.7 Å². The number of hydrogen-bond acceptors (Lipinski definition) is 5. The minimum Gasteiger partial charge on any atom is -0.395 e. The van der Waals surface area contributed by atoms with Crippen LogP contribution in [0.1, 0.15) is 65.2 Å². The summed E-state index contributed by atoms with van der Waals surface area (Å²) in [5.74, 6) is -0.0352. The number of hydrogen-bond donors (Lipinski definition) is 5. The van der Waals surface area contributed by atoms with Crippen molar-refractivity contribution in [3.8, 4) is 0 Å². The van der Waals surface area contributed by atoms with Crippen LogP contribution in [-0.2, 0) is 4.79 Å². The average molecular weight is 400 g/mol. The van der Waals surface area contributed by atoms with E-state index in [1.807, 2.05) is 13.0 Å². The van der Waals surface area contributed by atoms with E-state index in [4.69, 9.17) is 5.11 Å². The molecule has 1 saturated carbocycles. The highest BCUT2D eigenvalue weighted by atomic mass is 16.3. The van der Waals surface area contributed by atoms with Crippen LogP contribution in [0.15, 0.2) is 24.8 Å². The number of allylic oxidation sites excluding steroid dienone is 1. The Morgan fingerprint density at radius 1 is 1.21 bits per heavy atom. The quantitative estimate of drug-likeness (QED) is 0.255. The van der Waals surface area contributed by atoms with Crippen LogP contribution in [0.2, 0.25) is 0 Å². The molecule has 164 valence electrons. The summed E-state index contributed by atoms with van der Waals surface area (Å²) in [5.41, 5.74) is 0. The number of aliphatic hydroxyl groups excluding tert-OH is 4. The van der Waals surface area contributed by atoms with Crippen LogP contribution < -0.4 is 5.32 Å². The van der Waals surface area contributed by atoms with Gasteiger partial charge in [-0.25, -0.2) is 0 Å². The molecule has 0 heterocycles. The molecule has 1 fully saturated rings. The molecule has 0 aromatic carbocycles. The normalized spacial score (nSPS) is 25.2. The number of unbranched alkanes of at least 4 members (excludes halogenated alkanes) is 2. The smallest absolute Gasteiger partial charge is 0.220 e. The second kappa shape index (κ2) is 16.7. The van der Waals surface area contributed by atoms with Crippen molar-refractivity contribution < 1.29 is 25.2 Å². The van der Waals surface area contributed by atoms with Gasteiger partial charge in [0.25, 0.3) is 0 Å². The molecule has 5 atom stereocenters. The van der Waals surface area contributed by atoms with E-state index in [-0.39, 0.29) is 24.3 Å². The number of amides is 1. The summed E-state index contributed by atoms with van der Waals surface area (Å²) >= 11 is 0. The number of nitrogens with one attached hydrogen (secondary N) is 1. The SMILES string of the molecule is C=CC[C@@H]1[C@@H](/C=C/[C@@H](O)CCCCC)[C@H](O)C[C@@H]1O.CCCC(=O)NCCO. The van der Waals surface area contributed by atoms with Gasteiger partial charge in [0.15, 0.2) is 0 Å². The molecule has 0 spiro atoms. The van der Waals surface area contributed by atoms with Crippen LogP contribution >= 0.6 is 0 Å². The molecule has 0 bridgehead atoms. The first-order valence-electron chi connectivity index (χ1n) is 10.6. The lowest BCUT2D eigenvalue weighted by Crippen LogP contribution is -2.25. The maximum atomic E-state index is 10.6. The van der Waals surface area contributed by atoms with Gasteiger partial charge >= 0.3 is 0 Å². The highest BCUT2D eigenvalue weighted by Gasteiger charge is 2.39. The number of carbonyl (C=O) groups is 1. The van der Waals surface area contributed by atoms with E-state index in [1.54, 1.807) is 12.2 Å². The minimum absolute atomic E-state index is 0.0200. The second-order valence-corrected chi connectivity index (χ2v) is 7.41. The summed E-state index contributed by atoms with van der Waals surface area (Å²) in [4.78, 5) is 10.6. The van der Waals surface area contributed by atoms with Gasteiger partial charge in [-0.15, -0.1) is 6.58 Å². The molecule has 1 amide bonds. The Kier molecular flexibility index (Phi) is 16.0. The third-order valence-electron chi connectivity index (χ3n) is 4.92. The lowest BCUT2D eigenvalue weighted by atomic mass is 9.90. The van der Waals surface area contributed by atoms with Crippen LogP contribution in [0.5, 0.6) is 0 Å². The molecule has 1 aliphatic rings. The zero-order valence-corrected chi connectivity index (χ0v) is 17.6. The highest BCUT2D eigenvalue weighted by molar-refractivity contribution is 5.75. The molecule has 0 unspecified atom stereocenters. The number of rotatable bonds is 12. The van der Waals surface area contributed by atoms with E-state index >= 15 is 0 Å². The predicted molar refractivity (Wildman–Crippen MR) is 113 cm³/mol. The fraction of sp³-hybridized carbons (Fsp3) is 0.773. The molecule has 28 heavy (non-hydrogen) atoms. The van der Waals surface area contributed by atoms with Crippen molar-refractivity contribution in [1.29, 1.82) is 0 Å². The van der Waals surface area contributed by atoms with Crippen LogP contribution in [0.4, 0.5) is 0 Å². The summed E-state index contributed by atoms with van der Waals surface area (Å²) in [6.45, 7) is 8.17. The van der Waals surface area contributed by atoms with Crippen molar-refractivity contribution in [2.45, 2.75) is 83.5 Å². The molecular weight excluding hydrogens is 358 g/mol. The van der Waals surface area contributed by atoms with Crippen molar-refractivity contribution in [1.82, 2.24) is 5.32 Å². The van der Waals surface area contributed by atoms with E-state index < -0.39 is 18.3 Å². The largest absolute Gasteiger partial charge is 0.395 e. The van der Waals surface area contributed by atoms with Crippen LogP contribution in [0.3, 0.4) is 0 Å². The average Bonchev–Trinajstić information content (AvgIpc) is 2.92. The zero-order valence-electron chi connectivity index (χ0n) is 17.6. The monoisotopic (exact) mass is 399 g/mol. The molecule has 1 rings (SSSR count). The van der Waals surface area contributed by atoms with Crippen molar-refractivity contribution in [2.24, 2.45) is 11.8 Å². The fourth-order valence-electron chi connectivity index (χ4n) is 3.37. The fourth-order valence-corrected chi connectivity index (χ4v) is 3.37. The third-order valence-corrected chi connectivity index (χ3v) is 4.92. The molecule has 0 aromatic rings. The Bertz CT molecular complexity index is 441. The summed E-state index contributed by atoms with van der Waals surface area (Å²) in [7, 11) is 0. The Hall–Kier alpha value is -1.21. The van der Waals surface area contributed by atoms with E-state index in [2.05, 4.69) is 18.8 Å². The third kappa shape index (κ3) is 11.6. The molecule has 0 aliphatic heterocycles. The molecule has 6 heteroatoms. The van der Waals surface area contributed by atoms with E-state index in [0.29, 0.717) is 25.8 Å². The Labute approximate surface area is 170 Å². The molecule has 0 saturated heterocycles. The topological polar surface area (TPSA) is 110 Å². The van der Waals surface area contributed by atoms with Gasteiger partial charge in [0.05, 0.1) is 24.9 Å². The van der Waals surface area contributed by atoms with Crippen LogP contribution in [0.25, 0.3) is 0 Å². The first-order valence-corrected chi connectivity index (χ1v) is 10.6. The molecule has 6 nitrogen and oxygen atoms in total. The predicted octanol–water partition coefficient (Wildman–Crippen LogP) is 2.31. The van der Waals surface area contributed by atoms with Gasteiger partial charge in [-0.1, -0.05) is 51.3 Å². The Morgan fingerprint density at radius 3 is 2.50 bits per heavy atom. The molecule has 1 aliphatic carbocycles. The summed E-state index contributed by atoms with van der Waals surface area (Å²) in [5, 5.41) is 40.5. The Morgan fingerprint density at radius 2 is 1.93 bits per heavy atom. The first kappa shape index (κ1) is 26.8. The summed E-state index contributed by atoms with van der Waals surface area (Å²) < 4.78 is 0.